The van der Waals surface area contributed by atoms with Crippen LogP contribution in [-0.4, -0.2) is 6.04 Å². The monoisotopic (exact) mass is 309 g/mol. The summed E-state index contributed by atoms with van der Waals surface area (Å²) in [5.74, 6) is -0.652. The molecule has 2 aromatic rings. The molecular formula is C17H18ClF2N. The average Bonchev–Trinajstić information content (AvgIpc) is 2.41. The maximum atomic E-state index is 14.1. The molecule has 0 aliphatic heterocycles. The molecule has 4 heteroatoms. The predicted octanol–water partition coefficient (Wildman–Crippen LogP) is 5.09. The fourth-order valence-electron chi connectivity index (χ4n) is 2.05. The normalized spacial score (nSPS) is 11.2. The molecule has 0 saturated carbocycles. The molecule has 0 spiro atoms. The van der Waals surface area contributed by atoms with E-state index in [2.05, 4.69) is 5.32 Å². The number of halogens is 3. The summed E-state index contributed by atoms with van der Waals surface area (Å²) in [5, 5.41) is 3.46. The minimum atomic E-state index is -0.359. The number of benzene rings is 2. The third kappa shape index (κ3) is 3.80. The van der Waals surface area contributed by atoms with Gasteiger partial charge in [-0.15, -0.1) is 0 Å². The minimum Gasteiger partial charge on any atom is -0.310 e. The van der Waals surface area contributed by atoms with Gasteiger partial charge in [0.1, 0.15) is 11.6 Å². The summed E-state index contributed by atoms with van der Waals surface area (Å²) in [6.07, 6.45) is 0. The highest BCUT2D eigenvalue weighted by Crippen LogP contribution is 2.31. The Balaban J connectivity index is 2.34. The lowest BCUT2D eigenvalue weighted by Crippen LogP contribution is -2.22. The lowest BCUT2D eigenvalue weighted by Gasteiger charge is -2.11. The van der Waals surface area contributed by atoms with Gasteiger partial charge in [-0.3, -0.25) is 0 Å². The summed E-state index contributed by atoms with van der Waals surface area (Å²) in [4.78, 5) is 0. The number of rotatable bonds is 4. The van der Waals surface area contributed by atoms with Gasteiger partial charge in [0.15, 0.2) is 0 Å². The van der Waals surface area contributed by atoms with Gasteiger partial charge in [0.25, 0.3) is 0 Å². The maximum Gasteiger partial charge on any atom is 0.128 e. The van der Waals surface area contributed by atoms with Crippen LogP contribution >= 0.6 is 11.6 Å². The summed E-state index contributed by atoms with van der Waals surface area (Å²) in [6, 6.07) is 8.17. The van der Waals surface area contributed by atoms with Gasteiger partial charge >= 0.3 is 0 Å². The molecule has 0 fully saturated rings. The molecule has 1 N–H and O–H groups in total. The molecule has 0 aliphatic rings. The standard InChI is InChI=1S/C17H18ClF2N/c1-10(2)21-9-13-5-4-12(7-17(13)20)14-6-11(3)16(19)8-15(14)18/h4-8,10,21H,9H2,1-3H3. The topological polar surface area (TPSA) is 12.0 Å². The van der Waals surface area contributed by atoms with Crippen LogP contribution in [-0.2, 0) is 6.54 Å². The summed E-state index contributed by atoms with van der Waals surface area (Å²) in [7, 11) is 0. The maximum absolute atomic E-state index is 14.1. The molecule has 112 valence electrons. The fraction of sp³-hybridized carbons (Fsp3) is 0.294. The molecule has 2 rings (SSSR count). The van der Waals surface area contributed by atoms with Gasteiger partial charge in [0.2, 0.25) is 0 Å². The van der Waals surface area contributed by atoms with Crippen LogP contribution in [0.4, 0.5) is 8.78 Å². The lowest BCUT2D eigenvalue weighted by molar-refractivity contribution is 0.553. The van der Waals surface area contributed by atoms with Crippen molar-refractivity contribution < 1.29 is 8.78 Å². The SMILES string of the molecule is Cc1cc(-c2ccc(CNC(C)C)c(F)c2)c(Cl)cc1F. The smallest absolute Gasteiger partial charge is 0.128 e. The van der Waals surface area contributed by atoms with Gasteiger partial charge in [-0.25, -0.2) is 8.78 Å². The Morgan fingerprint density at radius 2 is 1.81 bits per heavy atom. The Morgan fingerprint density at radius 3 is 2.43 bits per heavy atom. The molecule has 0 aliphatic carbocycles. The number of nitrogens with one attached hydrogen (secondary N) is 1. The van der Waals surface area contributed by atoms with E-state index in [1.165, 1.54) is 12.1 Å². The zero-order valence-electron chi connectivity index (χ0n) is 12.3. The predicted molar refractivity (Wildman–Crippen MR) is 83.5 cm³/mol. The van der Waals surface area contributed by atoms with E-state index in [1.807, 2.05) is 13.8 Å². The number of hydrogen-bond acceptors (Lipinski definition) is 1. The van der Waals surface area contributed by atoms with Crippen LogP contribution < -0.4 is 5.32 Å². The molecule has 21 heavy (non-hydrogen) atoms. The van der Waals surface area contributed by atoms with E-state index in [0.717, 1.165) is 0 Å². The molecule has 0 amide bonds. The van der Waals surface area contributed by atoms with Crippen molar-refractivity contribution in [3.05, 3.63) is 58.1 Å². The van der Waals surface area contributed by atoms with Crippen molar-refractivity contribution in [2.45, 2.75) is 33.4 Å². The van der Waals surface area contributed by atoms with Crippen molar-refractivity contribution in [2.75, 3.05) is 0 Å². The Kier molecular flexibility index (Phi) is 4.96. The second-order valence-electron chi connectivity index (χ2n) is 5.42. The summed E-state index contributed by atoms with van der Waals surface area (Å²) >= 11 is 6.06. The summed E-state index contributed by atoms with van der Waals surface area (Å²) in [5.41, 5.74) is 2.37. The fourth-order valence-corrected chi connectivity index (χ4v) is 2.31. The zero-order chi connectivity index (χ0) is 15.6. The van der Waals surface area contributed by atoms with Crippen LogP contribution in [0.25, 0.3) is 11.1 Å². The zero-order valence-corrected chi connectivity index (χ0v) is 13.1. The molecule has 0 heterocycles. The minimum absolute atomic E-state index is 0.283. The highest BCUT2D eigenvalue weighted by Gasteiger charge is 2.11. The van der Waals surface area contributed by atoms with E-state index in [4.69, 9.17) is 11.6 Å². The summed E-state index contributed by atoms with van der Waals surface area (Å²) in [6.45, 7) is 6.15. The van der Waals surface area contributed by atoms with E-state index >= 15 is 0 Å². The molecule has 0 saturated heterocycles. The first-order chi connectivity index (χ1) is 9.88. The van der Waals surface area contributed by atoms with E-state index in [-0.39, 0.29) is 16.7 Å². The first kappa shape index (κ1) is 15.9. The third-order valence-corrected chi connectivity index (χ3v) is 3.63. The van der Waals surface area contributed by atoms with Crippen LogP contribution in [0.5, 0.6) is 0 Å². The molecule has 0 bridgehead atoms. The van der Waals surface area contributed by atoms with Crippen LogP contribution in [0.3, 0.4) is 0 Å². The molecule has 0 atom stereocenters. The first-order valence-corrected chi connectivity index (χ1v) is 7.24. The summed E-state index contributed by atoms with van der Waals surface area (Å²) < 4.78 is 27.6. The van der Waals surface area contributed by atoms with Crippen LogP contribution in [0, 0.1) is 18.6 Å². The van der Waals surface area contributed by atoms with Crippen molar-refractivity contribution in [1.82, 2.24) is 5.32 Å². The van der Waals surface area contributed by atoms with Crippen molar-refractivity contribution >= 4 is 11.6 Å². The van der Waals surface area contributed by atoms with Crippen LogP contribution in [0.1, 0.15) is 25.0 Å². The molecule has 2 aromatic carbocycles. The van der Waals surface area contributed by atoms with Crippen molar-refractivity contribution in [2.24, 2.45) is 0 Å². The quantitative estimate of drug-likeness (QED) is 0.829. The molecular weight excluding hydrogens is 292 g/mol. The largest absolute Gasteiger partial charge is 0.310 e. The first-order valence-electron chi connectivity index (χ1n) is 6.86. The Hall–Kier alpha value is -1.45. The highest BCUT2D eigenvalue weighted by atomic mass is 35.5. The second-order valence-corrected chi connectivity index (χ2v) is 5.83. The van der Waals surface area contributed by atoms with Gasteiger partial charge in [-0.05, 0) is 36.2 Å². The van der Waals surface area contributed by atoms with E-state index < -0.39 is 0 Å². The van der Waals surface area contributed by atoms with Gasteiger partial charge in [0, 0.05) is 23.7 Å². The van der Waals surface area contributed by atoms with Gasteiger partial charge in [-0.1, -0.05) is 37.6 Å². The molecule has 1 nitrogen and oxygen atoms in total. The molecule has 0 radical (unpaired) electrons. The molecule has 0 unspecified atom stereocenters. The van der Waals surface area contributed by atoms with Crippen LogP contribution in [0.15, 0.2) is 30.3 Å². The Morgan fingerprint density at radius 1 is 1.10 bits per heavy atom. The molecule has 0 aromatic heterocycles. The van der Waals surface area contributed by atoms with Crippen molar-refractivity contribution in [3.8, 4) is 11.1 Å². The van der Waals surface area contributed by atoms with E-state index in [1.54, 1.807) is 25.1 Å². The Labute approximate surface area is 128 Å². The van der Waals surface area contributed by atoms with Gasteiger partial charge < -0.3 is 5.32 Å². The lowest BCUT2D eigenvalue weighted by atomic mass is 10.0. The third-order valence-electron chi connectivity index (χ3n) is 3.31. The van der Waals surface area contributed by atoms with Crippen molar-refractivity contribution in [3.63, 3.8) is 0 Å². The van der Waals surface area contributed by atoms with Crippen LogP contribution in [0.2, 0.25) is 5.02 Å². The number of hydrogen-bond donors (Lipinski definition) is 1. The highest BCUT2D eigenvalue weighted by molar-refractivity contribution is 6.33. The second kappa shape index (κ2) is 6.54. The van der Waals surface area contributed by atoms with Crippen molar-refractivity contribution in [1.29, 1.82) is 0 Å². The van der Waals surface area contributed by atoms with E-state index in [9.17, 15) is 8.78 Å². The Bertz CT molecular complexity index is 653. The average molecular weight is 310 g/mol. The van der Waals surface area contributed by atoms with E-state index in [0.29, 0.717) is 34.8 Å². The van der Waals surface area contributed by atoms with Gasteiger partial charge in [-0.2, -0.15) is 0 Å². The number of aryl methyl sites for hydroxylation is 1. The van der Waals surface area contributed by atoms with Gasteiger partial charge in [0.05, 0.1) is 5.02 Å².